The second kappa shape index (κ2) is 11.4. The number of nitriles is 1. The highest BCUT2D eigenvalue weighted by molar-refractivity contribution is 6.32. The lowest BCUT2D eigenvalue weighted by molar-refractivity contribution is -0.112. The number of benzene rings is 3. The third-order valence-electron chi connectivity index (χ3n) is 4.74. The summed E-state index contributed by atoms with van der Waals surface area (Å²) in [7, 11) is 0. The minimum atomic E-state index is -0.526. The first-order valence-corrected chi connectivity index (χ1v) is 11.0. The Morgan fingerprint density at radius 1 is 1.06 bits per heavy atom. The van der Waals surface area contributed by atoms with Gasteiger partial charge in [-0.1, -0.05) is 47.5 Å². The normalized spacial score (nSPS) is 10.9. The Morgan fingerprint density at radius 2 is 1.85 bits per heavy atom. The SMILES string of the molecule is CCOc1cc(/C=C(\C#N)C(=O)Nc2cccc(Cl)c2C)ccc1OCc1cccc(Cl)c1. The Labute approximate surface area is 203 Å². The average Bonchev–Trinajstić information content (AvgIpc) is 2.80. The first-order valence-electron chi connectivity index (χ1n) is 10.2. The number of nitrogens with zero attached hydrogens (tertiary/aromatic N) is 1. The van der Waals surface area contributed by atoms with Crippen LogP contribution >= 0.6 is 23.2 Å². The smallest absolute Gasteiger partial charge is 0.266 e. The Kier molecular flexibility index (Phi) is 8.37. The van der Waals surface area contributed by atoms with Crippen LogP contribution in [0, 0.1) is 18.3 Å². The zero-order chi connectivity index (χ0) is 23.8. The van der Waals surface area contributed by atoms with Crippen LogP contribution in [0.1, 0.15) is 23.6 Å². The van der Waals surface area contributed by atoms with Crippen molar-refractivity contribution in [3.8, 4) is 17.6 Å². The molecule has 0 aliphatic rings. The van der Waals surface area contributed by atoms with Crippen molar-refractivity contribution in [2.75, 3.05) is 11.9 Å². The zero-order valence-electron chi connectivity index (χ0n) is 18.2. The van der Waals surface area contributed by atoms with Crippen molar-refractivity contribution in [2.45, 2.75) is 20.5 Å². The van der Waals surface area contributed by atoms with E-state index < -0.39 is 5.91 Å². The van der Waals surface area contributed by atoms with Gasteiger partial charge in [-0.2, -0.15) is 5.26 Å². The van der Waals surface area contributed by atoms with Crippen LogP contribution in [0.5, 0.6) is 11.5 Å². The molecule has 0 bridgehead atoms. The summed E-state index contributed by atoms with van der Waals surface area (Å²) in [4.78, 5) is 12.7. The Hall–Kier alpha value is -3.46. The van der Waals surface area contributed by atoms with Crippen LogP contribution in [0.25, 0.3) is 6.08 Å². The van der Waals surface area contributed by atoms with Crippen LogP contribution in [-0.4, -0.2) is 12.5 Å². The molecule has 5 nitrogen and oxygen atoms in total. The molecule has 0 fully saturated rings. The Morgan fingerprint density at radius 3 is 2.58 bits per heavy atom. The number of ether oxygens (including phenoxy) is 2. The van der Waals surface area contributed by atoms with Crippen LogP contribution in [0.2, 0.25) is 10.0 Å². The average molecular weight is 481 g/mol. The second-order valence-electron chi connectivity index (χ2n) is 7.09. The van der Waals surface area contributed by atoms with Crippen LogP contribution in [0.3, 0.4) is 0 Å². The summed E-state index contributed by atoms with van der Waals surface area (Å²) in [6.45, 7) is 4.41. The molecular formula is C26H22Cl2N2O3. The third kappa shape index (κ3) is 6.52. The summed E-state index contributed by atoms with van der Waals surface area (Å²) in [5, 5.41) is 13.5. The van der Waals surface area contributed by atoms with Crippen molar-refractivity contribution < 1.29 is 14.3 Å². The molecule has 168 valence electrons. The van der Waals surface area contributed by atoms with Gasteiger partial charge in [0.1, 0.15) is 18.2 Å². The summed E-state index contributed by atoms with van der Waals surface area (Å²) in [5.74, 6) is 0.533. The lowest BCUT2D eigenvalue weighted by Crippen LogP contribution is -2.14. The van der Waals surface area contributed by atoms with E-state index >= 15 is 0 Å². The van der Waals surface area contributed by atoms with E-state index in [1.807, 2.05) is 31.2 Å². The molecule has 33 heavy (non-hydrogen) atoms. The van der Waals surface area contributed by atoms with Crippen molar-refractivity contribution in [2.24, 2.45) is 0 Å². The summed E-state index contributed by atoms with van der Waals surface area (Å²) in [6.07, 6.45) is 1.50. The minimum Gasteiger partial charge on any atom is -0.490 e. The molecule has 7 heteroatoms. The fourth-order valence-corrected chi connectivity index (χ4v) is 3.43. The van der Waals surface area contributed by atoms with E-state index in [4.69, 9.17) is 32.7 Å². The van der Waals surface area contributed by atoms with E-state index in [2.05, 4.69) is 5.32 Å². The fourth-order valence-electron chi connectivity index (χ4n) is 3.04. The van der Waals surface area contributed by atoms with Crippen molar-refractivity contribution in [1.29, 1.82) is 5.26 Å². The van der Waals surface area contributed by atoms with E-state index in [0.717, 1.165) is 11.1 Å². The summed E-state index contributed by atoms with van der Waals surface area (Å²) < 4.78 is 11.6. The molecule has 0 spiro atoms. The van der Waals surface area contributed by atoms with Gasteiger partial charge < -0.3 is 14.8 Å². The minimum absolute atomic E-state index is 0.0515. The largest absolute Gasteiger partial charge is 0.490 e. The van der Waals surface area contributed by atoms with Crippen molar-refractivity contribution in [1.82, 2.24) is 0 Å². The molecule has 3 aromatic carbocycles. The molecule has 0 aliphatic carbocycles. The quantitative estimate of drug-likeness (QED) is 0.283. The van der Waals surface area contributed by atoms with Crippen molar-refractivity contribution in [3.05, 3.63) is 93.0 Å². The summed E-state index contributed by atoms with van der Waals surface area (Å²) in [5.41, 5.74) is 2.78. The van der Waals surface area contributed by atoms with Gasteiger partial charge >= 0.3 is 0 Å². The summed E-state index contributed by atoms with van der Waals surface area (Å²) >= 11 is 12.1. The predicted octanol–water partition coefficient (Wildman–Crippen LogP) is 6.83. The number of anilines is 1. The number of hydrogen-bond donors (Lipinski definition) is 1. The van der Waals surface area contributed by atoms with Gasteiger partial charge in [0.15, 0.2) is 11.5 Å². The van der Waals surface area contributed by atoms with Crippen LogP contribution in [-0.2, 0) is 11.4 Å². The Bertz CT molecular complexity index is 1230. The molecule has 1 N–H and O–H groups in total. The maximum atomic E-state index is 12.7. The van der Waals surface area contributed by atoms with Gasteiger partial charge in [-0.05, 0) is 73.0 Å². The first-order chi connectivity index (χ1) is 15.9. The fraction of sp³-hybridized carbons (Fsp3) is 0.154. The standard InChI is InChI=1S/C26H22Cl2N2O3/c1-3-32-25-14-18(10-11-24(25)33-16-19-6-4-7-21(27)13-19)12-20(15-29)26(31)30-23-9-5-8-22(28)17(23)2/h4-14H,3,16H2,1-2H3,(H,30,31)/b20-12+. The molecule has 3 rings (SSSR count). The summed E-state index contributed by atoms with van der Waals surface area (Å²) in [6, 6.07) is 19.8. The maximum absolute atomic E-state index is 12.7. The maximum Gasteiger partial charge on any atom is 0.266 e. The number of halogens is 2. The van der Waals surface area contributed by atoms with Crippen LogP contribution < -0.4 is 14.8 Å². The van der Waals surface area contributed by atoms with Crippen LogP contribution in [0.4, 0.5) is 5.69 Å². The number of nitrogens with one attached hydrogen (secondary N) is 1. The van der Waals surface area contributed by atoms with Crippen LogP contribution in [0.15, 0.2) is 66.2 Å². The molecule has 0 unspecified atom stereocenters. The molecule has 0 saturated carbocycles. The lowest BCUT2D eigenvalue weighted by atomic mass is 10.1. The highest BCUT2D eigenvalue weighted by Crippen LogP contribution is 2.30. The van der Waals surface area contributed by atoms with E-state index in [1.165, 1.54) is 6.08 Å². The highest BCUT2D eigenvalue weighted by Gasteiger charge is 2.13. The second-order valence-corrected chi connectivity index (χ2v) is 7.94. The van der Waals surface area contributed by atoms with E-state index in [0.29, 0.717) is 46.0 Å². The molecule has 1 amide bonds. The van der Waals surface area contributed by atoms with Gasteiger partial charge in [-0.15, -0.1) is 0 Å². The van der Waals surface area contributed by atoms with Gasteiger partial charge in [0.05, 0.1) is 6.61 Å². The Balaban J connectivity index is 1.80. The molecule has 3 aromatic rings. The van der Waals surface area contributed by atoms with Gasteiger partial charge in [0, 0.05) is 15.7 Å². The van der Waals surface area contributed by atoms with Crippen molar-refractivity contribution in [3.63, 3.8) is 0 Å². The third-order valence-corrected chi connectivity index (χ3v) is 5.39. The molecule has 0 heterocycles. The molecule has 0 radical (unpaired) electrons. The van der Waals surface area contributed by atoms with Gasteiger partial charge in [0.25, 0.3) is 5.91 Å². The van der Waals surface area contributed by atoms with Gasteiger partial charge in [0.2, 0.25) is 0 Å². The van der Waals surface area contributed by atoms with E-state index in [-0.39, 0.29) is 5.57 Å². The zero-order valence-corrected chi connectivity index (χ0v) is 19.7. The van der Waals surface area contributed by atoms with Gasteiger partial charge in [-0.3, -0.25) is 4.79 Å². The monoisotopic (exact) mass is 480 g/mol. The molecule has 0 atom stereocenters. The molecule has 0 saturated heterocycles. The lowest BCUT2D eigenvalue weighted by Gasteiger charge is -2.13. The molecule has 0 aromatic heterocycles. The molecule has 0 aliphatic heterocycles. The number of carbonyl (C=O) groups excluding carboxylic acids is 1. The first kappa shape index (κ1) is 24.2. The molecular weight excluding hydrogens is 459 g/mol. The van der Waals surface area contributed by atoms with Gasteiger partial charge in [-0.25, -0.2) is 0 Å². The highest BCUT2D eigenvalue weighted by atomic mass is 35.5. The topological polar surface area (TPSA) is 71.3 Å². The number of hydrogen-bond acceptors (Lipinski definition) is 4. The number of rotatable bonds is 8. The number of carbonyl (C=O) groups is 1. The predicted molar refractivity (Wildman–Crippen MR) is 132 cm³/mol. The van der Waals surface area contributed by atoms with E-state index in [9.17, 15) is 10.1 Å². The van der Waals surface area contributed by atoms with Crippen molar-refractivity contribution >= 4 is 40.9 Å². The number of amides is 1. The van der Waals surface area contributed by atoms with E-state index in [1.54, 1.807) is 49.4 Å².